The molecule has 0 aliphatic heterocycles. The first-order chi connectivity index (χ1) is 8.35. The lowest BCUT2D eigenvalue weighted by Crippen LogP contribution is -2.00. The first kappa shape index (κ1) is 12.0. The average Bonchev–Trinajstić information content (AvgIpc) is 2.77. The number of hydrogen-bond acceptors (Lipinski definition) is 2. The second-order valence-electron chi connectivity index (χ2n) is 4.28. The maximum atomic E-state index is 5.49. The SMILES string of the molecule is COc1ccc2c(ccn2CCCCCN)c1. The van der Waals surface area contributed by atoms with Crippen molar-refractivity contribution < 1.29 is 4.74 Å². The smallest absolute Gasteiger partial charge is 0.119 e. The van der Waals surface area contributed by atoms with Gasteiger partial charge in [0.2, 0.25) is 0 Å². The standard InChI is InChI=1S/C14H20N2O/c1-17-13-5-6-14-12(11-13)7-10-16(14)9-4-2-3-8-15/h5-7,10-11H,2-4,8-9,15H2,1H3. The van der Waals surface area contributed by atoms with E-state index in [-0.39, 0.29) is 0 Å². The van der Waals surface area contributed by atoms with E-state index in [4.69, 9.17) is 10.5 Å². The number of fused-ring (bicyclic) bond motifs is 1. The Kier molecular flexibility index (Phi) is 4.04. The fourth-order valence-electron chi connectivity index (χ4n) is 2.10. The van der Waals surface area contributed by atoms with Gasteiger partial charge in [0, 0.05) is 23.6 Å². The topological polar surface area (TPSA) is 40.2 Å². The molecule has 0 fully saturated rings. The van der Waals surface area contributed by atoms with Gasteiger partial charge in [0.1, 0.15) is 5.75 Å². The van der Waals surface area contributed by atoms with E-state index in [1.807, 2.05) is 6.07 Å². The van der Waals surface area contributed by atoms with Crippen molar-refractivity contribution in [3.8, 4) is 5.75 Å². The first-order valence-corrected chi connectivity index (χ1v) is 6.18. The highest BCUT2D eigenvalue weighted by Gasteiger charge is 2.02. The van der Waals surface area contributed by atoms with E-state index >= 15 is 0 Å². The molecule has 0 spiro atoms. The summed E-state index contributed by atoms with van der Waals surface area (Å²) in [5, 5.41) is 1.24. The summed E-state index contributed by atoms with van der Waals surface area (Å²) in [7, 11) is 1.70. The zero-order valence-electron chi connectivity index (χ0n) is 10.4. The van der Waals surface area contributed by atoms with Crippen LogP contribution in [0.2, 0.25) is 0 Å². The van der Waals surface area contributed by atoms with Crippen molar-refractivity contribution in [1.82, 2.24) is 4.57 Å². The average molecular weight is 232 g/mol. The van der Waals surface area contributed by atoms with Crippen LogP contribution in [-0.4, -0.2) is 18.2 Å². The number of aryl methyl sites for hydroxylation is 1. The summed E-state index contributed by atoms with van der Waals surface area (Å²) in [6.07, 6.45) is 5.65. The van der Waals surface area contributed by atoms with Gasteiger partial charge in [0.25, 0.3) is 0 Å². The van der Waals surface area contributed by atoms with E-state index in [1.54, 1.807) is 7.11 Å². The zero-order valence-corrected chi connectivity index (χ0v) is 10.4. The molecular formula is C14H20N2O. The van der Waals surface area contributed by atoms with Crippen LogP contribution < -0.4 is 10.5 Å². The molecule has 0 radical (unpaired) electrons. The fourth-order valence-corrected chi connectivity index (χ4v) is 2.10. The predicted molar refractivity (Wildman–Crippen MR) is 71.4 cm³/mol. The number of ether oxygens (including phenoxy) is 1. The van der Waals surface area contributed by atoms with Gasteiger partial charge in [-0.3, -0.25) is 0 Å². The largest absolute Gasteiger partial charge is 0.497 e. The maximum Gasteiger partial charge on any atom is 0.119 e. The molecular weight excluding hydrogens is 212 g/mol. The monoisotopic (exact) mass is 232 g/mol. The van der Waals surface area contributed by atoms with Crippen molar-refractivity contribution in [1.29, 1.82) is 0 Å². The Hall–Kier alpha value is -1.48. The summed E-state index contributed by atoms with van der Waals surface area (Å²) < 4.78 is 7.52. The van der Waals surface area contributed by atoms with E-state index in [0.29, 0.717) is 0 Å². The molecule has 1 aromatic heterocycles. The Morgan fingerprint density at radius 2 is 2.06 bits per heavy atom. The number of aromatic nitrogens is 1. The summed E-state index contributed by atoms with van der Waals surface area (Å²) in [6.45, 7) is 1.86. The van der Waals surface area contributed by atoms with Crippen LogP contribution in [-0.2, 0) is 6.54 Å². The third-order valence-electron chi connectivity index (χ3n) is 3.08. The Morgan fingerprint density at radius 3 is 2.82 bits per heavy atom. The van der Waals surface area contributed by atoms with Crippen molar-refractivity contribution in [2.75, 3.05) is 13.7 Å². The Morgan fingerprint density at radius 1 is 1.18 bits per heavy atom. The second kappa shape index (κ2) is 5.73. The van der Waals surface area contributed by atoms with Crippen LogP contribution in [0.3, 0.4) is 0 Å². The number of unbranched alkanes of at least 4 members (excludes halogenated alkanes) is 2. The highest BCUT2D eigenvalue weighted by atomic mass is 16.5. The third kappa shape index (κ3) is 2.80. The van der Waals surface area contributed by atoms with E-state index in [9.17, 15) is 0 Å². The molecule has 2 aromatic rings. The van der Waals surface area contributed by atoms with Gasteiger partial charge < -0.3 is 15.0 Å². The molecule has 0 saturated carbocycles. The molecule has 0 aliphatic carbocycles. The van der Waals surface area contributed by atoms with Crippen molar-refractivity contribution in [3.05, 3.63) is 30.5 Å². The minimum Gasteiger partial charge on any atom is -0.497 e. The van der Waals surface area contributed by atoms with Gasteiger partial charge in [-0.15, -0.1) is 0 Å². The third-order valence-corrected chi connectivity index (χ3v) is 3.08. The summed E-state index contributed by atoms with van der Waals surface area (Å²) in [6, 6.07) is 8.35. The van der Waals surface area contributed by atoms with E-state index in [1.165, 1.54) is 23.7 Å². The van der Waals surface area contributed by atoms with Crippen LogP contribution in [0, 0.1) is 0 Å². The Labute approximate surface area is 102 Å². The van der Waals surface area contributed by atoms with Crippen molar-refractivity contribution in [2.24, 2.45) is 5.73 Å². The molecule has 17 heavy (non-hydrogen) atoms. The lowest BCUT2D eigenvalue weighted by atomic mass is 10.2. The highest BCUT2D eigenvalue weighted by molar-refractivity contribution is 5.81. The van der Waals surface area contributed by atoms with Crippen LogP contribution in [0.25, 0.3) is 10.9 Å². The number of hydrogen-bond donors (Lipinski definition) is 1. The summed E-state index contributed by atoms with van der Waals surface area (Å²) in [5.74, 6) is 0.915. The van der Waals surface area contributed by atoms with Crippen LogP contribution in [0.5, 0.6) is 5.75 Å². The Balaban J connectivity index is 2.08. The molecule has 2 rings (SSSR count). The summed E-state index contributed by atoms with van der Waals surface area (Å²) in [5.41, 5.74) is 6.77. The normalized spacial score (nSPS) is 10.9. The van der Waals surface area contributed by atoms with Gasteiger partial charge in [0.15, 0.2) is 0 Å². The summed E-state index contributed by atoms with van der Waals surface area (Å²) in [4.78, 5) is 0. The van der Waals surface area contributed by atoms with Gasteiger partial charge in [-0.2, -0.15) is 0 Å². The van der Waals surface area contributed by atoms with Crippen LogP contribution >= 0.6 is 0 Å². The highest BCUT2D eigenvalue weighted by Crippen LogP contribution is 2.22. The minimum absolute atomic E-state index is 0.795. The number of nitrogens with two attached hydrogens (primary N) is 1. The molecule has 92 valence electrons. The fraction of sp³-hybridized carbons (Fsp3) is 0.429. The van der Waals surface area contributed by atoms with Crippen molar-refractivity contribution >= 4 is 10.9 Å². The van der Waals surface area contributed by atoms with Crippen molar-refractivity contribution in [2.45, 2.75) is 25.8 Å². The van der Waals surface area contributed by atoms with Crippen molar-refractivity contribution in [3.63, 3.8) is 0 Å². The zero-order chi connectivity index (χ0) is 12.1. The van der Waals surface area contributed by atoms with Gasteiger partial charge in [0.05, 0.1) is 7.11 Å². The van der Waals surface area contributed by atoms with Gasteiger partial charge in [-0.05, 0) is 43.7 Å². The second-order valence-corrected chi connectivity index (χ2v) is 4.28. The number of rotatable bonds is 6. The number of methoxy groups -OCH3 is 1. The van der Waals surface area contributed by atoms with Crippen LogP contribution in [0.15, 0.2) is 30.5 Å². The van der Waals surface area contributed by atoms with Gasteiger partial charge in [-0.1, -0.05) is 6.42 Å². The quantitative estimate of drug-likeness (QED) is 0.778. The van der Waals surface area contributed by atoms with E-state index in [0.717, 1.165) is 25.3 Å². The number of nitrogens with zero attached hydrogens (tertiary/aromatic N) is 1. The summed E-state index contributed by atoms with van der Waals surface area (Å²) >= 11 is 0. The first-order valence-electron chi connectivity index (χ1n) is 6.18. The van der Waals surface area contributed by atoms with Gasteiger partial charge in [-0.25, -0.2) is 0 Å². The molecule has 0 saturated heterocycles. The molecule has 0 atom stereocenters. The lowest BCUT2D eigenvalue weighted by Gasteiger charge is -2.05. The Bertz CT molecular complexity index is 476. The van der Waals surface area contributed by atoms with Crippen LogP contribution in [0.1, 0.15) is 19.3 Å². The molecule has 3 nitrogen and oxygen atoms in total. The molecule has 1 aromatic carbocycles. The predicted octanol–water partition coefficient (Wildman–Crippen LogP) is 2.78. The maximum absolute atomic E-state index is 5.49. The lowest BCUT2D eigenvalue weighted by molar-refractivity contribution is 0.415. The van der Waals surface area contributed by atoms with E-state index < -0.39 is 0 Å². The molecule has 0 aliphatic rings. The van der Waals surface area contributed by atoms with Gasteiger partial charge >= 0.3 is 0 Å². The molecule has 0 unspecified atom stereocenters. The molecule has 0 amide bonds. The van der Waals surface area contributed by atoms with Crippen LogP contribution in [0.4, 0.5) is 0 Å². The molecule has 2 N–H and O–H groups in total. The molecule has 3 heteroatoms. The molecule has 0 bridgehead atoms. The number of benzene rings is 1. The minimum atomic E-state index is 0.795. The van der Waals surface area contributed by atoms with E-state index in [2.05, 4.69) is 29.0 Å². The molecule has 1 heterocycles.